The summed E-state index contributed by atoms with van der Waals surface area (Å²) < 4.78 is 47.3. The van der Waals surface area contributed by atoms with Gasteiger partial charge in [0.2, 0.25) is 5.95 Å². The van der Waals surface area contributed by atoms with Crippen LogP contribution in [0, 0.1) is 0 Å². The van der Waals surface area contributed by atoms with Crippen molar-refractivity contribution in [3.63, 3.8) is 0 Å². The van der Waals surface area contributed by atoms with Crippen molar-refractivity contribution in [2.45, 2.75) is 0 Å². The normalized spacial score (nSPS) is 13.0. The van der Waals surface area contributed by atoms with Gasteiger partial charge in [-0.1, -0.05) is 146 Å². The Morgan fingerprint density at radius 2 is 0.940 bits per heavy atom. The Hall–Kier alpha value is -6.85. The van der Waals surface area contributed by atoms with Gasteiger partial charge in [-0.2, -0.15) is 9.97 Å². The molecule has 0 aliphatic rings. The van der Waals surface area contributed by atoms with Gasteiger partial charge in [0.1, 0.15) is 0 Å². The predicted molar refractivity (Wildman–Crippen MR) is 205 cm³/mol. The van der Waals surface area contributed by atoms with Crippen LogP contribution in [0.1, 0.15) is 6.85 Å². The summed E-state index contributed by atoms with van der Waals surface area (Å²) in [7, 11) is 0. The fraction of sp³-hybridized carbons (Fsp3) is 0. The molecular weight excluding hydrogens is 611 g/mol. The van der Waals surface area contributed by atoms with E-state index in [2.05, 4.69) is 30.3 Å². The smallest absolute Gasteiger partial charge is 0.238 e. The van der Waals surface area contributed by atoms with E-state index in [0.29, 0.717) is 17.6 Å². The maximum atomic E-state index is 9.02. The van der Waals surface area contributed by atoms with Crippen molar-refractivity contribution >= 4 is 43.6 Å². The predicted octanol–water partition coefficient (Wildman–Crippen LogP) is 11.1. The van der Waals surface area contributed by atoms with Crippen molar-refractivity contribution in [1.82, 2.24) is 24.1 Å². The third-order valence-corrected chi connectivity index (χ3v) is 9.29. The number of hydrogen-bond donors (Lipinski definition) is 0. The third-order valence-electron chi connectivity index (χ3n) is 9.29. The van der Waals surface area contributed by atoms with Crippen LogP contribution in [0.2, 0.25) is 0 Å². The molecule has 10 rings (SSSR count). The minimum atomic E-state index is -0.434. The number of fused-ring (bicyclic) bond motifs is 7. The second-order valence-electron chi connectivity index (χ2n) is 12.1. The van der Waals surface area contributed by atoms with E-state index in [4.69, 9.17) is 21.8 Å². The fourth-order valence-electron chi connectivity index (χ4n) is 7.06. The Bertz CT molecular complexity index is 3110. The Labute approximate surface area is 295 Å². The first-order chi connectivity index (χ1) is 26.9. The van der Waals surface area contributed by atoms with E-state index in [1.807, 2.05) is 124 Å². The lowest BCUT2D eigenvalue weighted by atomic mass is 10.0. The number of benzene rings is 7. The molecule has 3 heterocycles. The van der Waals surface area contributed by atoms with E-state index in [1.165, 1.54) is 0 Å². The Kier molecular flexibility index (Phi) is 5.35. The summed E-state index contributed by atoms with van der Waals surface area (Å²) in [4.78, 5) is 15.2. The Morgan fingerprint density at radius 3 is 1.64 bits per heavy atom. The second-order valence-corrected chi connectivity index (χ2v) is 12.1. The van der Waals surface area contributed by atoms with Crippen molar-refractivity contribution in [2.75, 3.05) is 0 Å². The van der Waals surface area contributed by atoms with Gasteiger partial charge in [-0.3, -0.25) is 4.57 Å². The van der Waals surface area contributed by atoms with Gasteiger partial charge in [-0.25, -0.2) is 4.98 Å². The average molecular weight is 645 g/mol. The molecule has 0 amide bonds. The number of hydrogen-bond acceptors (Lipinski definition) is 3. The van der Waals surface area contributed by atoms with Gasteiger partial charge in [0.15, 0.2) is 11.6 Å². The van der Waals surface area contributed by atoms with Gasteiger partial charge in [-0.15, -0.1) is 0 Å². The maximum Gasteiger partial charge on any atom is 0.238 e. The van der Waals surface area contributed by atoms with Crippen molar-refractivity contribution in [2.24, 2.45) is 0 Å². The van der Waals surface area contributed by atoms with Gasteiger partial charge < -0.3 is 4.57 Å². The molecule has 5 heteroatoms. The summed E-state index contributed by atoms with van der Waals surface area (Å²) in [5, 5.41) is 3.52. The standard InChI is InChI=1S/C45H29N5/c1-4-14-30(15-5-1)31-24-26-33(27-25-31)44-46-43(32-16-6-2-7-17-32)47-45(48-44)50-39-23-13-11-21-37(39)41-40(50)29-28-36-35-20-10-12-22-38(35)49(42(36)41)34-18-8-3-9-19-34/h1-29H/i3D,8D,9D,18D,19D. The minimum absolute atomic E-state index is 0.0919. The van der Waals surface area contributed by atoms with Crippen LogP contribution in [0.4, 0.5) is 0 Å². The lowest BCUT2D eigenvalue weighted by molar-refractivity contribution is 0.953. The zero-order valence-corrected chi connectivity index (χ0v) is 26.6. The number of aromatic nitrogens is 5. The third kappa shape index (κ3) is 4.45. The summed E-state index contributed by atoms with van der Waals surface area (Å²) >= 11 is 0. The number of nitrogens with zero attached hydrogens (tertiary/aromatic N) is 5. The lowest BCUT2D eigenvalue weighted by Gasteiger charge is -2.11. The highest BCUT2D eigenvalue weighted by atomic mass is 15.2. The van der Waals surface area contributed by atoms with Crippen LogP contribution >= 0.6 is 0 Å². The van der Waals surface area contributed by atoms with Crippen LogP contribution in [0.5, 0.6) is 0 Å². The minimum Gasteiger partial charge on any atom is -0.309 e. The van der Waals surface area contributed by atoms with Crippen LogP contribution in [0.3, 0.4) is 0 Å². The largest absolute Gasteiger partial charge is 0.309 e. The van der Waals surface area contributed by atoms with Crippen molar-refractivity contribution in [1.29, 1.82) is 0 Å². The van der Waals surface area contributed by atoms with Gasteiger partial charge in [0.25, 0.3) is 0 Å². The molecule has 3 aromatic heterocycles. The number of para-hydroxylation sites is 3. The monoisotopic (exact) mass is 644 g/mol. The lowest BCUT2D eigenvalue weighted by Crippen LogP contribution is -2.06. The van der Waals surface area contributed by atoms with E-state index < -0.39 is 6.04 Å². The van der Waals surface area contributed by atoms with Crippen LogP contribution < -0.4 is 0 Å². The summed E-state index contributed by atoms with van der Waals surface area (Å²) in [6.45, 7) is 0. The molecule has 0 bridgehead atoms. The molecule has 0 N–H and O–H groups in total. The summed E-state index contributed by atoms with van der Waals surface area (Å²) in [6.07, 6.45) is 0. The molecule has 0 atom stereocenters. The molecule has 0 saturated heterocycles. The molecule has 10 aromatic rings. The molecule has 0 radical (unpaired) electrons. The van der Waals surface area contributed by atoms with E-state index in [1.54, 1.807) is 0 Å². The molecule has 234 valence electrons. The highest BCUT2D eigenvalue weighted by Crippen LogP contribution is 2.41. The first-order valence-electron chi connectivity index (χ1n) is 18.9. The SMILES string of the molecule is [2H]c1c([2H])c([2H])c(-n2c3ccccc3c3ccc4c(c5ccccc5n4-c4nc(-c5ccccc5)nc(-c5ccc(-c6ccccc6)cc5)n4)c32)c([2H])c1[2H]. The zero-order valence-electron chi connectivity index (χ0n) is 31.6. The van der Waals surface area contributed by atoms with E-state index in [9.17, 15) is 0 Å². The molecule has 7 aromatic carbocycles. The van der Waals surface area contributed by atoms with Gasteiger partial charge in [0, 0.05) is 38.4 Å². The summed E-state index contributed by atoms with van der Waals surface area (Å²) in [6, 6.07) is 46.4. The first kappa shape index (κ1) is 23.5. The molecule has 0 spiro atoms. The summed E-state index contributed by atoms with van der Waals surface area (Å²) in [5.74, 6) is 1.46. The van der Waals surface area contributed by atoms with Crippen LogP contribution in [-0.4, -0.2) is 24.1 Å². The van der Waals surface area contributed by atoms with E-state index in [0.717, 1.165) is 65.9 Å². The first-order valence-corrected chi connectivity index (χ1v) is 16.4. The Balaban J connectivity index is 1.29. The highest BCUT2D eigenvalue weighted by Gasteiger charge is 2.22. The molecule has 0 unspecified atom stereocenters. The fourth-order valence-corrected chi connectivity index (χ4v) is 7.06. The molecule has 5 nitrogen and oxygen atoms in total. The van der Waals surface area contributed by atoms with Gasteiger partial charge >= 0.3 is 0 Å². The van der Waals surface area contributed by atoms with Crippen molar-refractivity contribution in [3.05, 3.63) is 176 Å². The molecule has 50 heavy (non-hydrogen) atoms. The van der Waals surface area contributed by atoms with Crippen LogP contribution in [-0.2, 0) is 0 Å². The van der Waals surface area contributed by atoms with Crippen LogP contribution in [0.15, 0.2) is 176 Å². The molecular formula is C45H29N5. The number of rotatable bonds is 5. The molecule has 0 aliphatic heterocycles. The second kappa shape index (κ2) is 11.4. The van der Waals surface area contributed by atoms with Crippen LogP contribution in [0.25, 0.3) is 89.2 Å². The van der Waals surface area contributed by atoms with Gasteiger partial charge in [-0.05, 0) is 41.4 Å². The van der Waals surface area contributed by atoms with Crippen molar-refractivity contribution in [3.8, 4) is 45.5 Å². The average Bonchev–Trinajstić information content (AvgIpc) is 3.76. The Morgan fingerprint density at radius 1 is 0.400 bits per heavy atom. The molecule has 0 saturated carbocycles. The van der Waals surface area contributed by atoms with Crippen molar-refractivity contribution < 1.29 is 6.85 Å². The quantitative estimate of drug-likeness (QED) is 0.187. The molecule has 0 fully saturated rings. The maximum absolute atomic E-state index is 9.02. The zero-order chi connectivity index (χ0) is 37.4. The topological polar surface area (TPSA) is 48.5 Å². The van der Waals surface area contributed by atoms with E-state index >= 15 is 0 Å². The molecule has 0 aliphatic carbocycles. The highest BCUT2D eigenvalue weighted by molar-refractivity contribution is 6.26. The van der Waals surface area contributed by atoms with Gasteiger partial charge in [0.05, 0.1) is 28.9 Å². The summed E-state index contributed by atoms with van der Waals surface area (Å²) in [5.41, 5.74) is 7.07. The van der Waals surface area contributed by atoms with E-state index in [-0.39, 0.29) is 29.9 Å².